The lowest BCUT2D eigenvalue weighted by atomic mass is 10.2. The SMILES string of the molecule is CCN(Cc1nnc(-c2cccc(NC(=O)COCCOC)c2)nn1)C(=O)Oc1ccc(CO)cc1. The molecule has 0 unspecified atom stereocenters. The highest BCUT2D eigenvalue weighted by molar-refractivity contribution is 5.92. The van der Waals surface area contributed by atoms with Gasteiger partial charge in [0.1, 0.15) is 12.4 Å². The Morgan fingerprint density at radius 1 is 1.03 bits per heavy atom. The van der Waals surface area contributed by atoms with Crippen molar-refractivity contribution in [1.82, 2.24) is 25.3 Å². The lowest BCUT2D eigenvalue weighted by Crippen LogP contribution is -2.33. The smallest absolute Gasteiger partial charge is 0.410 e. The number of carbonyl (C=O) groups is 2. The zero-order valence-electron chi connectivity index (χ0n) is 20.1. The molecular weight excluding hydrogens is 468 g/mol. The molecule has 0 bridgehead atoms. The number of amides is 2. The van der Waals surface area contributed by atoms with Crippen LogP contribution in [0.3, 0.4) is 0 Å². The lowest BCUT2D eigenvalue weighted by molar-refractivity contribution is -0.121. The predicted molar refractivity (Wildman–Crippen MR) is 129 cm³/mol. The van der Waals surface area contributed by atoms with Crippen molar-refractivity contribution in [2.45, 2.75) is 20.1 Å². The number of methoxy groups -OCH3 is 1. The van der Waals surface area contributed by atoms with E-state index in [0.29, 0.717) is 42.3 Å². The van der Waals surface area contributed by atoms with Crippen molar-refractivity contribution < 1.29 is 28.9 Å². The van der Waals surface area contributed by atoms with Gasteiger partial charge in [-0.15, -0.1) is 20.4 Å². The Morgan fingerprint density at radius 3 is 2.44 bits per heavy atom. The van der Waals surface area contributed by atoms with Crippen LogP contribution in [0.4, 0.5) is 10.5 Å². The average Bonchev–Trinajstić information content (AvgIpc) is 2.90. The zero-order valence-corrected chi connectivity index (χ0v) is 20.1. The molecular formula is C24H28N6O6. The van der Waals surface area contributed by atoms with Gasteiger partial charge in [0.25, 0.3) is 0 Å². The Labute approximate surface area is 208 Å². The third-order valence-electron chi connectivity index (χ3n) is 4.87. The van der Waals surface area contributed by atoms with Gasteiger partial charge in [-0.05, 0) is 36.8 Å². The van der Waals surface area contributed by atoms with Gasteiger partial charge in [-0.1, -0.05) is 24.3 Å². The lowest BCUT2D eigenvalue weighted by Gasteiger charge is -2.19. The van der Waals surface area contributed by atoms with Crippen molar-refractivity contribution in [3.8, 4) is 17.1 Å². The summed E-state index contributed by atoms with van der Waals surface area (Å²) in [6.07, 6.45) is -0.573. The molecule has 3 aromatic rings. The highest BCUT2D eigenvalue weighted by Crippen LogP contribution is 2.19. The number of rotatable bonds is 12. The molecule has 1 heterocycles. The number of hydrogen-bond donors (Lipinski definition) is 2. The van der Waals surface area contributed by atoms with Gasteiger partial charge >= 0.3 is 6.09 Å². The molecule has 0 saturated heterocycles. The van der Waals surface area contributed by atoms with E-state index in [1.807, 2.05) is 0 Å². The van der Waals surface area contributed by atoms with Gasteiger partial charge in [0, 0.05) is 24.9 Å². The van der Waals surface area contributed by atoms with Crippen LogP contribution in [0.15, 0.2) is 48.5 Å². The summed E-state index contributed by atoms with van der Waals surface area (Å²) in [5, 5.41) is 28.2. The molecule has 2 amide bonds. The number of aromatic nitrogens is 4. The van der Waals surface area contributed by atoms with E-state index in [0.717, 1.165) is 0 Å². The monoisotopic (exact) mass is 496 g/mol. The van der Waals surface area contributed by atoms with E-state index in [1.54, 1.807) is 62.6 Å². The summed E-state index contributed by atoms with van der Waals surface area (Å²) in [6.45, 7) is 2.77. The standard InChI is InChI=1S/C24H28N6O6/c1-3-30(24(33)36-20-9-7-17(15-31)8-10-20)14-21-26-28-23(29-27-21)18-5-4-6-19(13-18)25-22(32)16-35-12-11-34-2/h4-10,13,31H,3,11-12,14-16H2,1-2H3,(H,25,32). The fourth-order valence-corrected chi connectivity index (χ4v) is 2.97. The molecule has 0 radical (unpaired) electrons. The molecule has 0 aliphatic carbocycles. The fourth-order valence-electron chi connectivity index (χ4n) is 2.97. The summed E-state index contributed by atoms with van der Waals surface area (Å²) >= 11 is 0. The van der Waals surface area contributed by atoms with Gasteiger partial charge in [0.2, 0.25) is 11.7 Å². The van der Waals surface area contributed by atoms with E-state index in [4.69, 9.17) is 19.3 Å². The first-order chi connectivity index (χ1) is 17.5. The number of aliphatic hydroxyl groups is 1. The van der Waals surface area contributed by atoms with E-state index < -0.39 is 6.09 Å². The molecule has 0 aliphatic rings. The number of nitrogens with zero attached hydrogens (tertiary/aromatic N) is 5. The zero-order chi connectivity index (χ0) is 25.8. The highest BCUT2D eigenvalue weighted by Gasteiger charge is 2.17. The van der Waals surface area contributed by atoms with Crippen LogP contribution in [-0.4, -0.2) is 75.9 Å². The summed E-state index contributed by atoms with van der Waals surface area (Å²) in [7, 11) is 1.56. The molecule has 0 aliphatic heterocycles. The maximum atomic E-state index is 12.5. The van der Waals surface area contributed by atoms with E-state index in [1.165, 1.54) is 4.90 Å². The van der Waals surface area contributed by atoms with Crippen LogP contribution < -0.4 is 10.1 Å². The van der Waals surface area contributed by atoms with Crippen LogP contribution in [0.25, 0.3) is 11.4 Å². The maximum absolute atomic E-state index is 12.5. The second kappa shape index (κ2) is 13.8. The molecule has 12 heteroatoms. The molecule has 2 aromatic carbocycles. The number of nitrogens with one attached hydrogen (secondary N) is 1. The van der Waals surface area contributed by atoms with Crippen LogP contribution in [0, 0.1) is 0 Å². The Bertz CT molecular complexity index is 1130. The molecule has 0 fully saturated rings. The first-order valence-electron chi connectivity index (χ1n) is 11.2. The minimum absolute atomic E-state index is 0.0590. The van der Waals surface area contributed by atoms with Gasteiger partial charge in [0.15, 0.2) is 5.82 Å². The van der Waals surface area contributed by atoms with Crippen LogP contribution in [-0.2, 0) is 27.4 Å². The number of carbonyl (C=O) groups excluding carboxylic acids is 2. The van der Waals surface area contributed by atoms with E-state index in [9.17, 15) is 9.59 Å². The minimum atomic E-state index is -0.573. The van der Waals surface area contributed by atoms with Crippen LogP contribution >= 0.6 is 0 Å². The van der Waals surface area contributed by atoms with E-state index in [-0.39, 0.29) is 37.3 Å². The van der Waals surface area contributed by atoms with Crippen molar-refractivity contribution in [3.63, 3.8) is 0 Å². The Morgan fingerprint density at radius 2 is 1.78 bits per heavy atom. The number of benzene rings is 2. The minimum Gasteiger partial charge on any atom is -0.410 e. The largest absolute Gasteiger partial charge is 0.415 e. The third kappa shape index (κ3) is 8.05. The van der Waals surface area contributed by atoms with Crippen molar-refractivity contribution in [1.29, 1.82) is 0 Å². The molecule has 12 nitrogen and oxygen atoms in total. The molecule has 1 aromatic heterocycles. The molecule has 0 atom stereocenters. The van der Waals surface area contributed by atoms with Gasteiger partial charge < -0.3 is 29.5 Å². The van der Waals surface area contributed by atoms with Crippen molar-refractivity contribution >= 4 is 17.7 Å². The number of anilines is 1. The summed E-state index contributed by atoms with van der Waals surface area (Å²) in [6, 6.07) is 13.5. The molecule has 0 spiro atoms. The third-order valence-corrected chi connectivity index (χ3v) is 4.87. The maximum Gasteiger partial charge on any atom is 0.415 e. The summed E-state index contributed by atoms with van der Waals surface area (Å²) in [5.74, 6) is 0.565. The van der Waals surface area contributed by atoms with Crippen molar-refractivity contribution in [2.75, 3.05) is 38.8 Å². The van der Waals surface area contributed by atoms with Crippen LogP contribution in [0.2, 0.25) is 0 Å². The summed E-state index contributed by atoms with van der Waals surface area (Å²) in [5.41, 5.74) is 1.87. The molecule has 0 saturated carbocycles. The van der Waals surface area contributed by atoms with Gasteiger partial charge in [-0.25, -0.2) is 4.79 Å². The van der Waals surface area contributed by atoms with Crippen LogP contribution in [0.5, 0.6) is 5.75 Å². The van der Waals surface area contributed by atoms with Crippen molar-refractivity contribution in [2.24, 2.45) is 0 Å². The number of aliphatic hydroxyl groups excluding tert-OH is 1. The van der Waals surface area contributed by atoms with E-state index >= 15 is 0 Å². The second-order valence-electron chi connectivity index (χ2n) is 7.50. The van der Waals surface area contributed by atoms with Gasteiger partial charge in [-0.2, -0.15) is 0 Å². The molecule has 3 rings (SSSR count). The molecule has 190 valence electrons. The Hall–Kier alpha value is -4.00. The Kier molecular flexibility index (Phi) is 10.2. The summed E-state index contributed by atoms with van der Waals surface area (Å²) in [4.78, 5) is 25.9. The first-order valence-corrected chi connectivity index (χ1v) is 11.2. The van der Waals surface area contributed by atoms with Crippen molar-refractivity contribution in [3.05, 3.63) is 59.9 Å². The average molecular weight is 497 g/mol. The van der Waals surface area contributed by atoms with Gasteiger partial charge in [0.05, 0.1) is 26.4 Å². The molecule has 36 heavy (non-hydrogen) atoms. The first kappa shape index (κ1) is 26.6. The second-order valence-corrected chi connectivity index (χ2v) is 7.50. The Balaban J connectivity index is 1.58. The summed E-state index contributed by atoms with van der Waals surface area (Å²) < 4.78 is 15.5. The quantitative estimate of drug-likeness (QED) is 0.357. The predicted octanol–water partition coefficient (Wildman–Crippen LogP) is 2.05. The number of hydrogen-bond acceptors (Lipinski definition) is 10. The van der Waals surface area contributed by atoms with E-state index in [2.05, 4.69) is 25.7 Å². The number of ether oxygens (including phenoxy) is 3. The molecule has 2 N–H and O–H groups in total. The van der Waals surface area contributed by atoms with Crippen LogP contribution in [0.1, 0.15) is 18.3 Å². The topological polar surface area (TPSA) is 149 Å². The fraction of sp³-hybridized carbons (Fsp3) is 0.333. The highest BCUT2D eigenvalue weighted by atomic mass is 16.6. The normalized spacial score (nSPS) is 10.6. The van der Waals surface area contributed by atoms with Gasteiger partial charge in [-0.3, -0.25) is 4.79 Å².